The number of fused-ring (bicyclic) bond motifs is 2. The first-order chi connectivity index (χ1) is 17.4. The maximum absolute atomic E-state index is 15.3. The van der Waals surface area contributed by atoms with Crippen molar-refractivity contribution in [3.8, 4) is 0 Å². The molecule has 0 aliphatic rings. The molecule has 6 nitrogen and oxygen atoms in total. The molecule has 184 valence electrons. The molecule has 0 radical (unpaired) electrons. The Labute approximate surface area is 215 Å². The van der Waals surface area contributed by atoms with Crippen molar-refractivity contribution in [2.75, 3.05) is 7.11 Å². The molecule has 0 aliphatic carbocycles. The zero-order valence-corrected chi connectivity index (χ0v) is 20.9. The molecule has 3 unspecified atom stereocenters. The van der Waals surface area contributed by atoms with Crippen LogP contribution in [0.2, 0.25) is 0 Å². The standard InChI is InChI=1S/C28H23BrFNO5/c1-35-31-16-25(30)26(36-28(34)20-11-10-17-6-2-3-8-19(17)14-20)24(29)15-23-21-9-5-4-7-18(21)12-13-22(23)27(32)33/h2-14,16,24-26H,15H2,1H3,(H,32,33). The number of carbonyl (C=O) groups is 2. The van der Waals surface area contributed by atoms with E-state index in [0.717, 1.165) is 27.8 Å². The molecule has 0 bridgehead atoms. The molecule has 0 saturated heterocycles. The quantitative estimate of drug-likeness (QED) is 0.116. The van der Waals surface area contributed by atoms with E-state index in [1.54, 1.807) is 30.3 Å². The van der Waals surface area contributed by atoms with E-state index >= 15 is 4.39 Å². The summed E-state index contributed by atoms with van der Waals surface area (Å²) in [6, 6.07) is 23.2. The third-order valence-corrected chi connectivity index (χ3v) is 6.72. The lowest BCUT2D eigenvalue weighted by molar-refractivity contribution is 0.0169. The van der Waals surface area contributed by atoms with Gasteiger partial charge in [0.15, 0.2) is 12.3 Å². The van der Waals surface area contributed by atoms with Gasteiger partial charge >= 0.3 is 11.9 Å². The van der Waals surface area contributed by atoms with Gasteiger partial charge in [0.25, 0.3) is 0 Å². The average molecular weight is 552 g/mol. The Morgan fingerprint density at radius 1 is 1.00 bits per heavy atom. The van der Waals surface area contributed by atoms with Gasteiger partial charge in [-0.2, -0.15) is 0 Å². The fraction of sp³-hybridized carbons (Fsp3) is 0.179. The molecule has 3 atom stereocenters. The van der Waals surface area contributed by atoms with Crippen LogP contribution >= 0.6 is 15.9 Å². The van der Waals surface area contributed by atoms with Crippen molar-refractivity contribution in [2.24, 2.45) is 5.16 Å². The summed E-state index contributed by atoms with van der Waals surface area (Å²) in [7, 11) is 1.28. The number of carbonyl (C=O) groups excluding carboxylic acids is 1. The Hall–Kier alpha value is -3.78. The molecule has 8 heteroatoms. The number of rotatable bonds is 9. The van der Waals surface area contributed by atoms with E-state index in [2.05, 4.69) is 25.9 Å². The lowest BCUT2D eigenvalue weighted by Crippen LogP contribution is -2.38. The van der Waals surface area contributed by atoms with Gasteiger partial charge in [-0.1, -0.05) is 81.7 Å². The summed E-state index contributed by atoms with van der Waals surface area (Å²) in [6.45, 7) is 0. The summed E-state index contributed by atoms with van der Waals surface area (Å²) in [4.78, 5) is 28.8. The monoisotopic (exact) mass is 551 g/mol. The topological polar surface area (TPSA) is 85.2 Å². The van der Waals surface area contributed by atoms with E-state index < -0.39 is 29.0 Å². The second kappa shape index (κ2) is 11.3. The summed E-state index contributed by atoms with van der Waals surface area (Å²) in [5.74, 6) is -1.81. The predicted molar refractivity (Wildman–Crippen MR) is 141 cm³/mol. The molecule has 36 heavy (non-hydrogen) atoms. The van der Waals surface area contributed by atoms with Crippen molar-refractivity contribution < 1.29 is 28.7 Å². The number of oxime groups is 1. The second-order valence-electron chi connectivity index (χ2n) is 8.15. The minimum atomic E-state index is -1.82. The number of hydrogen-bond acceptors (Lipinski definition) is 5. The maximum Gasteiger partial charge on any atom is 0.338 e. The van der Waals surface area contributed by atoms with Crippen LogP contribution in [0.4, 0.5) is 4.39 Å². The molecule has 0 saturated carbocycles. The number of nitrogens with zero attached hydrogens (tertiary/aromatic N) is 1. The van der Waals surface area contributed by atoms with Gasteiger partial charge < -0.3 is 14.7 Å². The van der Waals surface area contributed by atoms with Crippen LogP contribution in [-0.4, -0.2) is 47.5 Å². The van der Waals surface area contributed by atoms with Crippen molar-refractivity contribution in [1.82, 2.24) is 0 Å². The molecule has 0 spiro atoms. The summed E-state index contributed by atoms with van der Waals surface area (Å²) >= 11 is 3.47. The lowest BCUT2D eigenvalue weighted by Gasteiger charge is -2.25. The van der Waals surface area contributed by atoms with Gasteiger partial charge in [0.1, 0.15) is 7.11 Å². The third-order valence-electron chi connectivity index (χ3n) is 5.88. The van der Waals surface area contributed by atoms with Gasteiger partial charge in [-0.05, 0) is 51.7 Å². The third kappa shape index (κ3) is 5.54. The highest BCUT2D eigenvalue weighted by Crippen LogP contribution is 2.29. The van der Waals surface area contributed by atoms with Gasteiger partial charge in [0, 0.05) is 0 Å². The number of carboxylic acids is 1. The second-order valence-corrected chi connectivity index (χ2v) is 9.33. The highest BCUT2D eigenvalue weighted by molar-refractivity contribution is 9.09. The summed E-state index contributed by atoms with van der Waals surface area (Å²) in [5, 5.41) is 16.6. The number of benzene rings is 4. The van der Waals surface area contributed by atoms with Crippen LogP contribution < -0.4 is 0 Å². The van der Waals surface area contributed by atoms with Crippen molar-refractivity contribution in [3.05, 3.63) is 95.6 Å². The number of hydrogen-bond donors (Lipinski definition) is 1. The van der Waals surface area contributed by atoms with Crippen LogP contribution in [0.3, 0.4) is 0 Å². The van der Waals surface area contributed by atoms with Crippen LogP contribution in [-0.2, 0) is 16.0 Å². The predicted octanol–water partition coefficient (Wildman–Crippen LogP) is 6.19. The Kier molecular flexibility index (Phi) is 7.95. The van der Waals surface area contributed by atoms with Crippen molar-refractivity contribution in [2.45, 2.75) is 23.5 Å². The molecule has 0 aromatic heterocycles. The number of aromatic carboxylic acids is 1. The molecule has 4 aromatic carbocycles. The van der Waals surface area contributed by atoms with Gasteiger partial charge in [0.05, 0.1) is 22.2 Å². The molecule has 0 aliphatic heterocycles. The Bertz CT molecular complexity index is 1440. The van der Waals surface area contributed by atoms with Crippen molar-refractivity contribution in [3.63, 3.8) is 0 Å². The van der Waals surface area contributed by atoms with Crippen LogP contribution in [0.1, 0.15) is 26.3 Å². The van der Waals surface area contributed by atoms with Crippen LogP contribution in [0.5, 0.6) is 0 Å². The number of ether oxygens (including phenoxy) is 1. The molecular weight excluding hydrogens is 529 g/mol. The van der Waals surface area contributed by atoms with E-state index in [1.165, 1.54) is 13.2 Å². The van der Waals surface area contributed by atoms with Gasteiger partial charge in [-0.3, -0.25) is 0 Å². The molecular formula is C28H23BrFNO5. The highest BCUT2D eigenvalue weighted by atomic mass is 79.9. The Morgan fingerprint density at radius 3 is 2.39 bits per heavy atom. The maximum atomic E-state index is 15.3. The van der Waals surface area contributed by atoms with E-state index in [-0.39, 0.29) is 17.5 Å². The minimum Gasteiger partial charge on any atom is -0.478 e. The fourth-order valence-electron chi connectivity index (χ4n) is 4.12. The van der Waals surface area contributed by atoms with Gasteiger partial charge in [-0.15, -0.1) is 0 Å². The van der Waals surface area contributed by atoms with E-state index in [4.69, 9.17) is 4.74 Å². The normalized spacial score (nSPS) is 14.0. The zero-order valence-electron chi connectivity index (χ0n) is 19.3. The van der Waals surface area contributed by atoms with E-state index in [1.807, 2.05) is 42.5 Å². The summed E-state index contributed by atoms with van der Waals surface area (Å²) in [5.41, 5.74) is 0.870. The molecule has 4 rings (SSSR count). The molecule has 1 N–H and O–H groups in total. The fourth-order valence-corrected chi connectivity index (χ4v) is 4.84. The first-order valence-corrected chi connectivity index (χ1v) is 12.1. The van der Waals surface area contributed by atoms with Crippen molar-refractivity contribution in [1.29, 1.82) is 0 Å². The molecule has 0 heterocycles. The summed E-state index contributed by atoms with van der Waals surface area (Å²) in [6.07, 6.45) is -2.14. The van der Waals surface area contributed by atoms with Gasteiger partial charge in [0.2, 0.25) is 0 Å². The van der Waals surface area contributed by atoms with Crippen LogP contribution in [0, 0.1) is 0 Å². The number of esters is 1. The molecule has 0 fully saturated rings. The van der Waals surface area contributed by atoms with Crippen molar-refractivity contribution >= 4 is 55.6 Å². The number of carboxylic acid groups (broad SMARTS) is 1. The Morgan fingerprint density at radius 2 is 1.67 bits per heavy atom. The van der Waals surface area contributed by atoms with E-state index in [0.29, 0.717) is 5.56 Å². The largest absolute Gasteiger partial charge is 0.478 e. The van der Waals surface area contributed by atoms with Gasteiger partial charge in [-0.25, -0.2) is 14.0 Å². The number of alkyl halides is 2. The Balaban J connectivity index is 1.66. The SMILES string of the molecule is CON=CC(F)C(OC(=O)c1ccc2ccccc2c1)C(Br)Cc1c(C(=O)O)ccc2ccccc12. The van der Waals surface area contributed by atoms with E-state index in [9.17, 15) is 14.7 Å². The highest BCUT2D eigenvalue weighted by Gasteiger charge is 2.33. The number of halogens is 2. The zero-order chi connectivity index (χ0) is 25.7. The van der Waals surface area contributed by atoms with Crippen LogP contribution in [0.25, 0.3) is 21.5 Å². The average Bonchev–Trinajstić information content (AvgIpc) is 2.89. The summed E-state index contributed by atoms with van der Waals surface area (Å²) < 4.78 is 20.9. The lowest BCUT2D eigenvalue weighted by atomic mass is 9.93. The minimum absolute atomic E-state index is 0.0832. The first-order valence-electron chi connectivity index (χ1n) is 11.2. The molecule has 0 amide bonds. The smallest absolute Gasteiger partial charge is 0.338 e. The first kappa shape index (κ1) is 25.3. The molecule has 4 aromatic rings. The van der Waals surface area contributed by atoms with Crippen LogP contribution in [0.15, 0.2) is 84.0 Å².